The number of hydrogen-bond acceptors (Lipinski definition) is 5. The molecule has 0 saturated heterocycles. The van der Waals surface area contributed by atoms with Gasteiger partial charge >= 0.3 is 0 Å². The molecule has 1 aromatic rings. The smallest absolute Gasteiger partial charge is 0.288 e. The number of carbonyl (C=O) groups is 1. The molecule has 66 valence electrons. The molecular formula is C5H10N6O. The van der Waals surface area contributed by atoms with Gasteiger partial charge in [0.25, 0.3) is 5.91 Å². The predicted molar refractivity (Wildman–Crippen MR) is 42.2 cm³/mol. The second-order valence-electron chi connectivity index (χ2n) is 2.09. The maximum Gasteiger partial charge on any atom is 0.288 e. The van der Waals surface area contributed by atoms with E-state index in [9.17, 15) is 4.79 Å². The number of hydrogen-bond donors (Lipinski definition) is 4. The van der Waals surface area contributed by atoms with Gasteiger partial charge in [-0.1, -0.05) is 0 Å². The molecule has 0 fully saturated rings. The molecule has 0 saturated carbocycles. The van der Waals surface area contributed by atoms with Gasteiger partial charge in [-0.15, -0.1) is 5.10 Å². The molecule has 1 heterocycles. The van der Waals surface area contributed by atoms with Crippen LogP contribution in [0.4, 0.5) is 5.95 Å². The highest BCUT2D eigenvalue weighted by molar-refractivity contribution is 5.90. The second-order valence-corrected chi connectivity index (χ2v) is 2.09. The maximum atomic E-state index is 11.1. The topological polar surface area (TPSA) is 123 Å². The van der Waals surface area contributed by atoms with Crippen molar-refractivity contribution in [3.8, 4) is 0 Å². The normalized spacial score (nSPS) is 9.75. The van der Waals surface area contributed by atoms with E-state index in [1.165, 1.54) is 0 Å². The van der Waals surface area contributed by atoms with Crippen LogP contribution in [-0.4, -0.2) is 34.2 Å². The Labute approximate surface area is 68.5 Å². The molecule has 1 aromatic heterocycles. The zero-order valence-electron chi connectivity index (χ0n) is 6.37. The van der Waals surface area contributed by atoms with Crippen LogP contribution >= 0.6 is 0 Å². The number of aromatic amines is 1. The Balaban J connectivity index is 2.53. The summed E-state index contributed by atoms with van der Waals surface area (Å²) in [7, 11) is 0. The van der Waals surface area contributed by atoms with Crippen LogP contribution in [0.5, 0.6) is 0 Å². The number of amides is 1. The van der Waals surface area contributed by atoms with E-state index in [1.807, 2.05) is 0 Å². The number of nitrogen functional groups attached to an aromatic ring is 1. The number of rotatable bonds is 3. The Morgan fingerprint density at radius 2 is 2.42 bits per heavy atom. The van der Waals surface area contributed by atoms with E-state index in [-0.39, 0.29) is 17.7 Å². The number of aromatic nitrogens is 3. The van der Waals surface area contributed by atoms with Gasteiger partial charge in [0.2, 0.25) is 11.8 Å². The Morgan fingerprint density at radius 3 is 2.92 bits per heavy atom. The molecule has 0 aromatic carbocycles. The van der Waals surface area contributed by atoms with Crippen molar-refractivity contribution >= 4 is 11.9 Å². The van der Waals surface area contributed by atoms with Crippen molar-refractivity contribution < 1.29 is 4.79 Å². The van der Waals surface area contributed by atoms with Crippen LogP contribution in [0.2, 0.25) is 0 Å². The van der Waals surface area contributed by atoms with Crippen molar-refractivity contribution in [2.75, 3.05) is 18.8 Å². The minimum absolute atomic E-state index is 0.0490. The van der Waals surface area contributed by atoms with Gasteiger partial charge in [0, 0.05) is 13.1 Å². The molecule has 0 aliphatic rings. The molecule has 0 aliphatic heterocycles. The van der Waals surface area contributed by atoms with Crippen LogP contribution < -0.4 is 16.8 Å². The Bertz CT molecular complexity index is 269. The van der Waals surface area contributed by atoms with Gasteiger partial charge in [-0.05, 0) is 0 Å². The van der Waals surface area contributed by atoms with Gasteiger partial charge in [-0.2, -0.15) is 4.98 Å². The van der Waals surface area contributed by atoms with Crippen LogP contribution in [0.1, 0.15) is 10.6 Å². The first kappa shape index (κ1) is 8.47. The second kappa shape index (κ2) is 3.67. The van der Waals surface area contributed by atoms with Crippen molar-refractivity contribution in [3.63, 3.8) is 0 Å². The SMILES string of the molecule is NCCNC(=O)c1nc(N)n[nH]1. The minimum Gasteiger partial charge on any atom is -0.366 e. The summed E-state index contributed by atoms with van der Waals surface area (Å²) in [5.41, 5.74) is 10.4. The van der Waals surface area contributed by atoms with Crippen LogP contribution in [0.15, 0.2) is 0 Å². The van der Waals surface area contributed by atoms with E-state index in [1.54, 1.807) is 0 Å². The number of nitrogens with one attached hydrogen (secondary N) is 2. The summed E-state index contributed by atoms with van der Waals surface area (Å²) in [5, 5.41) is 8.38. The highest BCUT2D eigenvalue weighted by Gasteiger charge is 2.08. The highest BCUT2D eigenvalue weighted by atomic mass is 16.2. The summed E-state index contributed by atoms with van der Waals surface area (Å²) in [6.07, 6.45) is 0. The van der Waals surface area contributed by atoms with E-state index in [4.69, 9.17) is 11.5 Å². The summed E-state index contributed by atoms with van der Waals surface area (Å²) >= 11 is 0. The van der Waals surface area contributed by atoms with Crippen molar-refractivity contribution in [2.24, 2.45) is 5.73 Å². The standard InChI is InChI=1S/C5H10N6O/c6-1-2-8-4(12)3-9-5(7)11-10-3/h1-2,6H2,(H,8,12)(H3,7,9,10,11). The van der Waals surface area contributed by atoms with Gasteiger partial charge in [-0.25, -0.2) is 0 Å². The van der Waals surface area contributed by atoms with E-state index in [2.05, 4.69) is 20.5 Å². The molecule has 0 unspecified atom stereocenters. The first-order chi connectivity index (χ1) is 5.74. The fourth-order valence-electron chi connectivity index (χ4n) is 0.646. The molecule has 12 heavy (non-hydrogen) atoms. The summed E-state index contributed by atoms with van der Waals surface area (Å²) in [6.45, 7) is 0.787. The Morgan fingerprint density at radius 1 is 1.67 bits per heavy atom. The van der Waals surface area contributed by atoms with E-state index in [0.29, 0.717) is 13.1 Å². The maximum absolute atomic E-state index is 11.1. The van der Waals surface area contributed by atoms with Gasteiger partial charge in [0.05, 0.1) is 0 Å². The molecule has 0 atom stereocenters. The third-order valence-electron chi connectivity index (χ3n) is 1.15. The lowest BCUT2D eigenvalue weighted by atomic mass is 10.5. The molecule has 0 bridgehead atoms. The van der Waals surface area contributed by atoms with Crippen LogP contribution in [0, 0.1) is 0 Å². The highest BCUT2D eigenvalue weighted by Crippen LogP contribution is 1.91. The van der Waals surface area contributed by atoms with E-state index in [0.717, 1.165) is 0 Å². The lowest BCUT2D eigenvalue weighted by Gasteiger charge is -1.97. The van der Waals surface area contributed by atoms with Crippen LogP contribution in [0.25, 0.3) is 0 Å². The number of nitrogens with two attached hydrogens (primary N) is 2. The van der Waals surface area contributed by atoms with Crippen LogP contribution in [-0.2, 0) is 0 Å². The molecule has 0 spiro atoms. The molecule has 0 aliphatic carbocycles. The average molecular weight is 170 g/mol. The third kappa shape index (κ3) is 1.92. The van der Waals surface area contributed by atoms with Gasteiger partial charge in [0.15, 0.2) is 0 Å². The zero-order valence-corrected chi connectivity index (χ0v) is 6.37. The minimum atomic E-state index is -0.357. The Kier molecular flexibility index (Phi) is 2.59. The third-order valence-corrected chi connectivity index (χ3v) is 1.15. The number of anilines is 1. The number of nitrogens with zero attached hydrogens (tertiary/aromatic N) is 2. The zero-order chi connectivity index (χ0) is 8.97. The van der Waals surface area contributed by atoms with Gasteiger partial charge < -0.3 is 16.8 Å². The molecule has 6 N–H and O–H groups in total. The molecule has 1 amide bonds. The van der Waals surface area contributed by atoms with Gasteiger partial charge in [-0.3, -0.25) is 9.89 Å². The van der Waals surface area contributed by atoms with Crippen molar-refractivity contribution in [2.45, 2.75) is 0 Å². The Hall–Kier alpha value is -1.63. The van der Waals surface area contributed by atoms with E-state index >= 15 is 0 Å². The molecule has 7 nitrogen and oxygen atoms in total. The van der Waals surface area contributed by atoms with Crippen molar-refractivity contribution in [1.29, 1.82) is 0 Å². The fourth-order valence-corrected chi connectivity index (χ4v) is 0.646. The van der Waals surface area contributed by atoms with Gasteiger partial charge in [0.1, 0.15) is 0 Å². The quantitative estimate of drug-likeness (QED) is 0.421. The average Bonchev–Trinajstić information content (AvgIpc) is 2.47. The summed E-state index contributed by atoms with van der Waals surface area (Å²) in [6, 6.07) is 0. The fraction of sp³-hybridized carbons (Fsp3) is 0.400. The summed E-state index contributed by atoms with van der Waals surface area (Å²) < 4.78 is 0. The summed E-state index contributed by atoms with van der Waals surface area (Å²) in [4.78, 5) is 14.7. The predicted octanol–water partition coefficient (Wildman–Crippen LogP) is -1.92. The van der Waals surface area contributed by atoms with Crippen molar-refractivity contribution in [1.82, 2.24) is 20.5 Å². The monoisotopic (exact) mass is 170 g/mol. The molecular weight excluding hydrogens is 160 g/mol. The molecule has 7 heteroatoms. The van der Waals surface area contributed by atoms with Crippen LogP contribution in [0.3, 0.4) is 0 Å². The number of H-pyrrole nitrogens is 1. The first-order valence-corrected chi connectivity index (χ1v) is 3.40. The lowest BCUT2D eigenvalue weighted by Crippen LogP contribution is -2.29. The lowest BCUT2D eigenvalue weighted by molar-refractivity contribution is 0.0945. The van der Waals surface area contributed by atoms with Crippen molar-refractivity contribution in [3.05, 3.63) is 5.82 Å². The van der Waals surface area contributed by atoms with E-state index < -0.39 is 0 Å². The summed E-state index contributed by atoms with van der Waals surface area (Å²) in [5.74, 6) is -0.210. The number of carbonyl (C=O) groups excluding carboxylic acids is 1. The molecule has 0 radical (unpaired) electrons. The first-order valence-electron chi connectivity index (χ1n) is 3.40. The largest absolute Gasteiger partial charge is 0.366 e. The molecule has 1 rings (SSSR count).